The van der Waals surface area contributed by atoms with Crippen molar-refractivity contribution in [1.82, 2.24) is 15.5 Å². The van der Waals surface area contributed by atoms with E-state index in [1.165, 1.54) is 0 Å². The summed E-state index contributed by atoms with van der Waals surface area (Å²) in [4.78, 5) is 38.5. The number of fused-ring (bicyclic) bond motifs is 2. The molecule has 1 heterocycles. The summed E-state index contributed by atoms with van der Waals surface area (Å²) in [5.41, 5.74) is 0.715. The fourth-order valence-electron chi connectivity index (χ4n) is 3.63. The Balaban J connectivity index is 1.90. The molecule has 1 aromatic rings. The van der Waals surface area contributed by atoms with Gasteiger partial charge in [-0.2, -0.15) is 0 Å². The SMILES string of the molecule is COc1ccc2c(c1)CCC[C@]21NC(=O)N(CC(=O)NC(C)C)C1=O. The Morgan fingerprint density at radius 2 is 2.16 bits per heavy atom. The summed E-state index contributed by atoms with van der Waals surface area (Å²) in [6.45, 7) is 3.39. The molecular formula is C18H23N3O4. The van der Waals surface area contributed by atoms with Crippen molar-refractivity contribution in [1.29, 1.82) is 0 Å². The van der Waals surface area contributed by atoms with Crippen molar-refractivity contribution in [2.75, 3.05) is 13.7 Å². The molecule has 0 saturated carbocycles. The van der Waals surface area contributed by atoms with Crippen LogP contribution in [0.1, 0.15) is 37.8 Å². The summed E-state index contributed by atoms with van der Waals surface area (Å²) >= 11 is 0. The third-order valence-electron chi connectivity index (χ3n) is 4.70. The molecular weight excluding hydrogens is 322 g/mol. The highest BCUT2D eigenvalue weighted by Gasteiger charge is 2.54. The third-order valence-corrected chi connectivity index (χ3v) is 4.70. The normalized spacial score (nSPS) is 22.2. The number of urea groups is 1. The lowest BCUT2D eigenvalue weighted by Crippen LogP contribution is -2.47. The van der Waals surface area contributed by atoms with Crippen molar-refractivity contribution in [3.8, 4) is 5.75 Å². The lowest BCUT2D eigenvalue weighted by molar-refractivity contribution is -0.135. The molecule has 1 aromatic carbocycles. The Kier molecular flexibility index (Phi) is 4.41. The lowest BCUT2D eigenvalue weighted by atomic mass is 9.76. The van der Waals surface area contributed by atoms with Gasteiger partial charge in [-0.1, -0.05) is 6.07 Å². The van der Waals surface area contributed by atoms with Gasteiger partial charge in [-0.05, 0) is 56.4 Å². The van der Waals surface area contributed by atoms with Crippen LogP contribution in [0.25, 0.3) is 0 Å². The predicted octanol–water partition coefficient (Wildman–Crippen LogP) is 1.30. The second-order valence-corrected chi connectivity index (χ2v) is 6.83. The minimum atomic E-state index is -1.07. The molecule has 0 unspecified atom stereocenters. The van der Waals surface area contributed by atoms with E-state index in [9.17, 15) is 14.4 Å². The van der Waals surface area contributed by atoms with Crippen molar-refractivity contribution in [2.45, 2.75) is 44.7 Å². The molecule has 7 heteroatoms. The standard InChI is InChI=1S/C18H23N3O4/c1-11(2)19-15(22)10-21-16(23)18(20-17(21)24)8-4-5-12-9-13(25-3)6-7-14(12)18/h6-7,9,11H,4-5,8,10H2,1-3H3,(H,19,22)(H,20,24)/t18-/m0/s1. The van der Waals surface area contributed by atoms with Crippen LogP contribution in [-0.4, -0.2) is 42.4 Å². The number of ether oxygens (including phenoxy) is 1. The summed E-state index contributed by atoms with van der Waals surface area (Å²) in [5, 5.41) is 5.55. The first-order valence-corrected chi connectivity index (χ1v) is 8.48. The summed E-state index contributed by atoms with van der Waals surface area (Å²) in [5.74, 6) is 0.0181. The van der Waals surface area contributed by atoms with Gasteiger partial charge in [-0.3, -0.25) is 14.5 Å². The number of methoxy groups -OCH3 is 1. The molecule has 0 bridgehead atoms. The number of hydrogen-bond donors (Lipinski definition) is 2. The zero-order valence-electron chi connectivity index (χ0n) is 14.7. The maximum absolute atomic E-state index is 13.1. The van der Waals surface area contributed by atoms with Gasteiger partial charge in [0.05, 0.1) is 7.11 Å². The van der Waals surface area contributed by atoms with Crippen LogP contribution >= 0.6 is 0 Å². The first-order chi connectivity index (χ1) is 11.9. The van der Waals surface area contributed by atoms with Crippen molar-refractivity contribution in [3.05, 3.63) is 29.3 Å². The molecule has 1 fully saturated rings. The largest absolute Gasteiger partial charge is 0.497 e. The zero-order chi connectivity index (χ0) is 18.2. The molecule has 1 aliphatic carbocycles. The Labute approximate surface area is 146 Å². The van der Waals surface area contributed by atoms with E-state index in [4.69, 9.17) is 4.74 Å². The predicted molar refractivity (Wildman–Crippen MR) is 91.1 cm³/mol. The van der Waals surface area contributed by atoms with Crippen LogP contribution in [-0.2, 0) is 21.5 Å². The second-order valence-electron chi connectivity index (χ2n) is 6.83. The minimum absolute atomic E-state index is 0.0508. The summed E-state index contributed by atoms with van der Waals surface area (Å²) in [7, 11) is 1.60. The maximum Gasteiger partial charge on any atom is 0.325 e. The summed E-state index contributed by atoms with van der Waals surface area (Å²) < 4.78 is 5.25. The number of aryl methyl sites for hydroxylation is 1. The van der Waals surface area contributed by atoms with Gasteiger partial charge in [0, 0.05) is 6.04 Å². The molecule has 4 amide bonds. The lowest BCUT2D eigenvalue weighted by Gasteiger charge is -2.33. The molecule has 1 saturated heterocycles. The number of carbonyl (C=O) groups is 3. The Bertz CT molecular complexity index is 731. The number of amides is 4. The van der Waals surface area contributed by atoms with Crippen LogP contribution in [0.2, 0.25) is 0 Å². The van der Waals surface area contributed by atoms with Gasteiger partial charge < -0.3 is 15.4 Å². The van der Waals surface area contributed by atoms with Crippen molar-refractivity contribution >= 4 is 17.8 Å². The Morgan fingerprint density at radius 3 is 2.84 bits per heavy atom. The number of imide groups is 1. The van der Waals surface area contributed by atoms with Gasteiger partial charge in [0.25, 0.3) is 5.91 Å². The third kappa shape index (κ3) is 2.94. The van der Waals surface area contributed by atoms with E-state index >= 15 is 0 Å². The maximum atomic E-state index is 13.1. The highest BCUT2D eigenvalue weighted by molar-refractivity contribution is 6.09. The van der Waals surface area contributed by atoms with Crippen molar-refractivity contribution < 1.29 is 19.1 Å². The number of carbonyl (C=O) groups excluding carboxylic acids is 3. The molecule has 2 aliphatic rings. The molecule has 7 nitrogen and oxygen atoms in total. The molecule has 134 valence electrons. The van der Waals surface area contributed by atoms with Crippen LogP contribution in [0.3, 0.4) is 0 Å². The van der Waals surface area contributed by atoms with E-state index in [0.717, 1.165) is 34.6 Å². The van der Waals surface area contributed by atoms with Crippen LogP contribution < -0.4 is 15.4 Å². The van der Waals surface area contributed by atoms with Crippen LogP contribution in [0.4, 0.5) is 4.79 Å². The van der Waals surface area contributed by atoms with Crippen molar-refractivity contribution in [3.63, 3.8) is 0 Å². The smallest absolute Gasteiger partial charge is 0.325 e. The average molecular weight is 345 g/mol. The van der Waals surface area contributed by atoms with Gasteiger partial charge in [0.15, 0.2) is 0 Å². The van der Waals surface area contributed by atoms with Gasteiger partial charge >= 0.3 is 6.03 Å². The highest BCUT2D eigenvalue weighted by atomic mass is 16.5. The van der Waals surface area contributed by atoms with E-state index in [0.29, 0.717) is 6.42 Å². The van der Waals surface area contributed by atoms with E-state index in [1.54, 1.807) is 13.2 Å². The topological polar surface area (TPSA) is 87.7 Å². The number of rotatable bonds is 4. The van der Waals surface area contributed by atoms with E-state index in [-0.39, 0.29) is 24.4 Å². The van der Waals surface area contributed by atoms with E-state index < -0.39 is 11.6 Å². The molecule has 1 aliphatic heterocycles. The molecule has 2 N–H and O–H groups in total. The number of nitrogens with zero attached hydrogens (tertiary/aromatic N) is 1. The minimum Gasteiger partial charge on any atom is -0.497 e. The number of nitrogens with one attached hydrogen (secondary N) is 2. The van der Waals surface area contributed by atoms with Gasteiger partial charge in [0.1, 0.15) is 17.8 Å². The fourth-order valence-corrected chi connectivity index (χ4v) is 3.63. The molecule has 0 radical (unpaired) electrons. The van der Waals surface area contributed by atoms with Gasteiger partial charge in [0.2, 0.25) is 5.91 Å². The fraction of sp³-hybridized carbons (Fsp3) is 0.500. The van der Waals surface area contributed by atoms with Crippen molar-refractivity contribution in [2.24, 2.45) is 0 Å². The van der Waals surface area contributed by atoms with E-state index in [2.05, 4.69) is 10.6 Å². The first kappa shape index (κ1) is 17.3. The summed E-state index contributed by atoms with van der Waals surface area (Å²) in [6.07, 6.45) is 2.13. The zero-order valence-corrected chi connectivity index (χ0v) is 14.7. The molecule has 1 spiro atoms. The monoisotopic (exact) mass is 345 g/mol. The van der Waals surface area contributed by atoms with Crippen LogP contribution in [0.15, 0.2) is 18.2 Å². The quantitative estimate of drug-likeness (QED) is 0.805. The molecule has 0 aromatic heterocycles. The van der Waals surface area contributed by atoms with Crippen LogP contribution in [0.5, 0.6) is 5.75 Å². The Hall–Kier alpha value is -2.57. The van der Waals surface area contributed by atoms with E-state index in [1.807, 2.05) is 26.0 Å². The highest BCUT2D eigenvalue weighted by Crippen LogP contribution is 2.41. The molecule has 1 atom stereocenters. The first-order valence-electron chi connectivity index (χ1n) is 8.48. The second kappa shape index (κ2) is 6.38. The summed E-state index contributed by atoms with van der Waals surface area (Å²) in [6, 6.07) is 4.96. The van der Waals surface area contributed by atoms with Gasteiger partial charge in [-0.15, -0.1) is 0 Å². The molecule has 3 rings (SSSR count). The average Bonchev–Trinajstić information content (AvgIpc) is 2.79. The Morgan fingerprint density at radius 1 is 1.40 bits per heavy atom. The number of benzene rings is 1. The van der Waals surface area contributed by atoms with Gasteiger partial charge in [-0.25, -0.2) is 4.79 Å². The number of hydrogen-bond acceptors (Lipinski definition) is 4. The molecule has 25 heavy (non-hydrogen) atoms. The van der Waals surface area contributed by atoms with Crippen LogP contribution in [0, 0.1) is 0 Å².